The molecule has 0 bridgehead atoms. The maximum absolute atomic E-state index is 10.7. The van der Waals surface area contributed by atoms with Gasteiger partial charge < -0.3 is 14.9 Å². The minimum atomic E-state index is -4.10. The lowest BCUT2D eigenvalue weighted by Gasteiger charge is -2.21. The van der Waals surface area contributed by atoms with Crippen molar-refractivity contribution in [1.29, 1.82) is 0 Å². The van der Waals surface area contributed by atoms with E-state index in [1.54, 1.807) is 7.05 Å². The van der Waals surface area contributed by atoms with Crippen LogP contribution in [0.2, 0.25) is 0 Å². The zero-order valence-electron chi connectivity index (χ0n) is 8.53. The summed E-state index contributed by atoms with van der Waals surface area (Å²) < 4.78 is 12.0. The van der Waals surface area contributed by atoms with Gasteiger partial charge in [-0.15, -0.1) is 0 Å². The molecule has 0 aliphatic carbocycles. The van der Waals surface area contributed by atoms with E-state index >= 15 is 0 Å². The largest absolute Gasteiger partial charge is 0.382 e. The van der Waals surface area contributed by atoms with Crippen molar-refractivity contribution >= 4 is 7.60 Å². The Balaban J connectivity index is 2.76. The first-order chi connectivity index (χ1) is 6.72. The second-order valence-electron chi connectivity index (χ2n) is 3.62. The van der Waals surface area contributed by atoms with Gasteiger partial charge in [-0.25, -0.2) is 4.98 Å². The van der Waals surface area contributed by atoms with Crippen LogP contribution < -0.4 is 0 Å². The summed E-state index contributed by atoms with van der Waals surface area (Å²) in [5, 5.41) is 13.7. The van der Waals surface area contributed by atoms with Crippen molar-refractivity contribution in [3.63, 3.8) is 0 Å². The molecule has 0 radical (unpaired) electrons. The summed E-state index contributed by atoms with van der Waals surface area (Å²) in [5.74, 6) is 0.288. The summed E-state index contributed by atoms with van der Waals surface area (Å²) in [6.07, 6.45) is 0.831. The lowest BCUT2D eigenvalue weighted by Crippen LogP contribution is -2.27. The van der Waals surface area contributed by atoms with E-state index in [4.69, 9.17) is 9.79 Å². The fourth-order valence-corrected chi connectivity index (χ4v) is 1.99. The molecule has 3 N–H and O–H groups in total. The molecule has 1 aromatic rings. The van der Waals surface area contributed by atoms with Crippen molar-refractivity contribution in [2.24, 2.45) is 7.05 Å². The van der Waals surface area contributed by atoms with Crippen molar-refractivity contribution in [2.75, 3.05) is 6.16 Å². The molecule has 1 rings (SSSR count). The number of hydrogen-bond donors (Lipinski definition) is 3. The summed E-state index contributed by atoms with van der Waals surface area (Å²) in [5.41, 5.74) is -1.38. The highest BCUT2D eigenvalue weighted by atomic mass is 31.2. The molecule has 15 heavy (non-hydrogen) atoms. The Labute approximate surface area is 86.9 Å². The van der Waals surface area contributed by atoms with E-state index in [9.17, 15) is 9.67 Å². The van der Waals surface area contributed by atoms with Crippen LogP contribution >= 0.6 is 7.60 Å². The van der Waals surface area contributed by atoms with Gasteiger partial charge in [-0.2, -0.15) is 5.10 Å². The van der Waals surface area contributed by atoms with Crippen LogP contribution in [0.5, 0.6) is 0 Å². The highest BCUT2D eigenvalue weighted by molar-refractivity contribution is 7.51. The normalized spacial score (nSPS) is 16.3. The van der Waals surface area contributed by atoms with E-state index in [-0.39, 0.29) is 18.4 Å². The van der Waals surface area contributed by atoms with Crippen LogP contribution in [0.3, 0.4) is 0 Å². The maximum atomic E-state index is 10.7. The third-order valence-corrected chi connectivity index (χ3v) is 2.89. The summed E-state index contributed by atoms with van der Waals surface area (Å²) in [6.45, 7) is 1.45. The molecule has 0 amide bonds. The van der Waals surface area contributed by atoms with Crippen molar-refractivity contribution in [1.82, 2.24) is 14.8 Å². The quantitative estimate of drug-likeness (QED) is 0.612. The lowest BCUT2D eigenvalue weighted by atomic mass is 10.0. The van der Waals surface area contributed by atoms with Crippen molar-refractivity contribution in [3.8, 4) is 0 Å². The third kappa shape index (κ3) is 3.39. The molecule has 8 heteroatoms. The first-order valence-corrected chi connectivity index (χ1v) is 6.13. The molecule has 1 atom stereocenters. The van der Waals surface area contributed by atoms with Gasteiger partial charge in [-0.05, 0) is 13.3 Å². The molecule has 0 aliphatic rings. The first kappa shape index (κ1) is 12.3. The number of aromatic nitrogens is 3. The van der Waals surface area contributed by atoms with Crippen LogP contribution in [-0.4, -0.2) is 35.8 Å². The Hall–Kier alpha value is -0.750. The molecule has 0 aromatic carbocycles. The number of hydrogen-bond acceptors (Lipinski definition) is 4. The highest BCUT2D eigenvalue weighted by Gasteiger charge is 2.30. The Morgan fingerprint density at radius 1 is 1.60 bits per heavy atom. The second kappa shape index (κ2) is 4.02. The van der Waals surface area contributed by atoms with Gasteiger partial charge in [0.05, 0.1) is 6.16 Å². The SMILES string of the molecule is Cn1ncnc1C(C)(O)CCP(=O)(O)O. The molecule has 0 saturated carbocycles. The summed E-state index contributed by atoms with van der Waals surface area (Å²) in [4.78, 5) is 21.2. The van der Waals surface area contributed by atoms with Crippen molar-refractivity contribution in [2.45, 2.75) is 18.9 Å². The van der Waals surface area contributed by atoms with Crippen molar-refractivity contribution < 1.29 is 19.5 Å². The van der Waals surface area contributed by atoms with Crippen LogP contribution in [0.15, 0.2) is 6.33 Å². The van der Waals surface area contributed by atoms with Crippen LogP contribution in [0.1, 0.15) is 19.2 Å². The second-order valence-corrected chi connectivity index (χ2v) is 5.40. The molecule has 86 valence electrons. The fourth-order valence-electron chi connectivity index (χ4n) is 1.26. The smallest absolute Gasteiger partial charge is 0.325 e. The Morgan fingerprint density at radius 2 is 2.20 bits per heavy atom. The molecule has 1 unspecified atom stereocenters. The van der Waals surface area contributed by atoms with Crippen LogP contribution in [0.25, 0.3) is 0 Å². The molecule has 1 aromatic heterocycles. The van der Waals surface area contributed by atoms with E-state index in [0.29, 0.717) is 0 Å². The lowest BCUT2D eigenvalue weighted by molar-refractivity contribution is 0.0394. The Kier molecular flexibility index (Phi) is 3.30. The van der Waals surface area contributed by atoms with E-state index in [2.05, 4.69) is 10.1 Å². The van der Waals surface area contributed by atoms with Gasteiger partial charge >= 0.3 is 7.60 Å². The zero-order chi connectivity index (χ0) is 11.7. The standard InChI is InChI=1S/C7H14N3O4P/c1-7(11,3-4-15(12,13)14)6-8-5-9-10(6)2/h5,11H,3-4H2,1-2H3,(H2,12,13,14). The molecule has 0 aliphatic heterocycles. The Bertz CT molecular complexity index is 383. The van der Waals surface area contributed by atoms with E-state index in [1.807, 2.05) is 0 Å². The molecule has 7 nitrogen and oxygen atoms in total. The minimum Gasteiger partial charge on any atom is -0.382 e. The van der Waals surface area contributed by atoms with Gasteiger partial charge in [0, 0.05) is 7.05 Å². The van der Waals surface area contributed by atoms with Gasteiger partial charge in [-0.1, -0.05) is 0 Å². The molecular weight excluding hydrogens is 221 g/mol. The topological polar surface area (TPSA) is 108 Å². The minimum absolute atomic E-state index is 0.0657. The monoisotopic (exact) mass is 235 g/mol. The molecule has 0 fully saturated rings. The van der Waals surface area contributed by atoms with E-state index in [0.717, 1.165) is 0 Å². The van der Waals surface area contributed by atoms with Gasteiger partial charge in [-0.3, -0.25) is 9.25 Å². The third-order valence-electron chi connectivity index (χ3n) is 2.08. The van der Waals surface area contributed by atoms with Gasteiger partial charge in [0.2, 0.25) is 0 Å². The zero-order valence-corrected chi connectivity index (χ0v) is 9.42. The number of nitrogens with zero attached hydrogens (tertiary/aromatic N) is 3. The average Bonchev–Trinajstić information content (AvgIpc) is 2.47. The first-order valence-electron chi connectivity index (χ1n) is 4.34. The molecule has 0 spiro atoms. The average molecular weight is 235 g/mol. The summed E-state index contributed by atoms with van der Waals surface area (Å²) >= 11 is 0. The number of aliphatic hydroxyl groups is 1. The molecular formula is C7H14N3O4P. The molecule has 1 heterocycles. The molecule has 0 saturated heterocycles. The van der Waals surface area contributed by atoms with Crippen LogP contribution in [0, 0.1) is 0 Å². The van der Waals surface area contributed by atoms with E-state index in [1.165, 1.54) is 17.9 Å². The summed E-state index contributed by atoms with van der Waals surface area (Å²) in [6, 6.07) is 0. The fraction of sp³-hybridized carbons (Fsp3) is 0.714. The predicted octanol–water partition coefficient (Wildman–Crippen LogP) is -0.410. The number of rotatable bonds is 4. The van der Waals surface area contributed by atoms with Crippen molar-refractivity contribution in [3.05, 3.63) is 12.2 Å². The Morgan fingerprint density at radius 3 is 2.60 bits per heavy atom. The van der Waals surface area contributed by atoms with Crippen LogP contribution in [-0.2, 0) is 17.2 Å². The predicted molar refractivity (Wildman–Crippen MR) is 52.1 cm³/mol. The van der Waals surface area contributed by atoms with Gasteiger partial charge in [0.25, 0.3) is 0 Å². The van der Waals surface area contributed by atoms with Crippen LogP contribution in [0.4, 0.5) is 0 Å². The van der Waals surface area contributed by atoms with Gasteiger partial charge in [0.1, 0.15) is 11.9 Å². The highest BCUT2D eigenvalue weighted by Crippen LogP contribution is 2.38. The summed E-state index contributed by atoms with van der Waals surface area (Å²) in [7, 11) is -2.49. The van der Waals surface area contributed by atoms with Gasteiger partial charge in [0.15, 0.2) is 5.82 Å². The number of aryl methyl sites for hydroxylation is 1. The maximum Gasteiger partial charge on any atom is 0.325 e. The van der Waals surface area contributed by atoms with E-state index < -0.39 is 13.2 Å².